The summed E-state index contributed by atoms with van der Waals surface area (Å²) >= 11 is 0. The van der Waals surface area contributed by atoms with Crippen molar-refractivity contribution in [1.82, 2.24) is 15.1 Å². The SMILES string of the molecule is C[C@@H](NC1CCCc2c1cnn2C)C1CCCCC1. The van der Waals surface area contributed by atoms with Crippen LogP contribution in [0.4, 0.5) is 0 Å². The minimum Gasteiger partial charge on any atom is -0.307 e. The lowest BCUT2D eigenvalue weighted by molar-refractivity contribution is 0.256. The number of rotatable bonds is 3. The van der Waals surface area contributed by atoms with E-state index in [1.54, 1.807) is 0 Å². The zero-order chi connectivity index (χ0) is 13.2. The average Bonchev–Trinajstić information content (AvgIpc) is 2.83. The first-order valence-electron chi connectivity index (χ1n) is 8.02. The summed E-state index contributed by atoms with van der Waals surface area (Å²) < 4.78 is 2.06. The lowest BCUT2D eigenvalue weighted by Crippen LogP contribution is -2.38. The Labute approximate surface area is 116 Å². The number of hydrogen-bond acceptors (Lipinski definition) is 2. The molecule has 106 valence electrons. The first kappa shape index (κ1) is 13.2. The molecule has 1 fully saturated rings. The second-order valence-electron chi connectivity index (χ2n) is 6.47. The van der Waals surface area contributed by atoms with Crippen molar-refractivity contribution in [1.29, 1.82) is 0 Å². The van der Waals surface area contributed by atoms with Crippen LogP contribution in [0, 0.1) is 5.92 Å². The molecule has 3 rings (SSSR count). The quantitative estimate of drug-likeness (QED) is 0.904. The Morgan fingerprint density at radius 2 is 2.00 bits per heavy atom. The van der Waals surface area contributed by atoms with E-state index in [0.717, 1.165) is 5.92 Å². The van der Waals surface area contributed by atoms with Crippen LogP contribution in [0.1, 0.15) is 69.2 Å². The molecule has 1 aromatic heterocycles. The highest BCUT2D eigenvalue weighted by Crippen LogP contribution is 2.32. The smallest absolute Gasteiger partial charge is 0.0540 e. The van der Waals surface area contributed by atoms with Crippen LogP contribution in [0.2, 0.25) is 0 Å². The van der Waals surface area contributed by atoms with Crippen LogP contribution in [0.5, 0.6) is 0 Å². The molecule has 0 aliphatic heterocycles. The maximum absolute atomic E-state index is 4.44. The molecule has 0 aromatic carbocycles. The molecule has 0 spiro atoms. The molecule has 2 atom stereocenters. The number of nitrogens with one attached hydrogen (secondary N) is 1. The molecular formula is C16H27N3. The van der Waals surface area contributed by atoms with Crippen LogP contribution in [0.15, 0.2) is 6.20 Å². The van der Waals surface area contributed by atoms with Gasteiger partial charge in [0, 0.05) is 30.4 Å². The molecule has 0 amide bonds. The summed E-state index contributed by atoms with van der Waals surface area (Å²) in [7, 11) is 2.08. The number of nitrogens with zero attached hydrogens (tertiary/aromatic N) is 2. The fourth-order valence-electron chi connectivity index (χ4n) is 3.97. The third kappa shape index (κ3) is 2.71. The van der Waals surface area contributed by atoms with Gasteiger partial charge in [0.05, 0.1) is 6.20 Å². The Morgan fingerprint density at radius 3 is 2.79 bits per heavy atom. The summed E-state index contributed by atoms with van der Waals surface area (Å²) in [6, 6.07) is 1.19. The lowest BCUT2D eigenvalue weighted by atomic mass is 9.83. The molecule has 1 heterocycles. The van der Waals surface area contributed by atoms with E-state index in [-0.39, 0.29) is 0 Å². The van der Waals surface area contributed by atoms with Gasteiger partial charge in [-0.25, -0.2) is 0 Å². The van der Waals surface area contributed by atoms with Crippen LogP contribution < -0.4 is 5.32 Å². The van der Waals surface area contributed by atoms with Crippen molar-refractivity contribution in [2.24, 2.45) is 13.0 Å². The molecule has 3 nitrogen and oxygen atoms in total. The topological polar surface area (TPSA) is 29.9 Å². The Morgan fingerprint density at radius 1 is 1.21 bits per heavy atom. The van der Waals surface area contributed by atoms with E-state index in [4.69, 9.17) is 0 Å². The maximum atomic E-state index is 4.44. The maximum Gasteiger partial charge on any atom is 0.0540 e. The monoisotopic (exact) mass is 261 g/mol. The van der Waals surface area contributed by atoms with Gasteiger partial charge in [0.15, 0.2) is 0 Å². The predicted octanol–water partition coefficient (Wildman–Crippen LogP) is 3.36. The highest BCUT2D eigenvalue weighted by Gasteiger charge is 2.27. The molecule has 0 bridgehead atoms. The van der Waals surface area contributed by atoms with Crippen LogP contribution in [0.25, 0.3) is 0 Å². The molecule has 2 aliphatic carbocycles. The zero-order valence-electron chi connectivity index (χ0n) is 12.4. The van der Waals surface area contributed by atoms with Crippen molar-refractivity contribution in [3.05, 3.63) is 17.5 Å². The molecule has 2 aliphatic rings. The second kappa shape index (κ2) is 5.66. The first-order chi connectivity index (χ1) is 9.25. The van der Waals surface area contributed by atoms with Crippen molar-refractivity contribution in [3.63, 3.8) is 0 Å². The van der Waals surface area contributed by atoms with Gasteiger partial charge in [-0.3, -0.25) is 4.68 Å². The largest absolute Gasteiger partial charge is 0.307 e. The molecule has 1 N–H and O–H groups in total. The van der Waals surface area contributed by atoms with Crippen molar-refractivity contribution in [3.8, 4) is 0 Å². The summed E-state index contributed by atoms with van der Waals surface area (Å²) in [5, 5.41) is 8.35. The van der Waals surface area contributed by atoms with E-state index in [0.29, 0.717) is 12.1 Å². The number of fused-ring (bicyclic) bond motifs is 1. The van der Waals surface area contributed by atoms with E-state index in [2.05, 4.69) is 35.3 Å². The van der Waals surface area contributed by atoms with Crippen molar-refractivity contribution in [2.45, 2.75) is 70.4 Å². The zero-order valence-corrected chi connectivity index (χ0v) is 12.4. The van der Waals surface area contributed by atoms with Crippen LogP contribution >= 0.6 is 0 Å². The summed E-state index contributed by atoms with van der Waals surface area (Å²) in [5.41, 5.74) is 2.90. The molecule has 0 radical (unpaired) electrons. The summed E-state index contributed by atoms with van der Waals surface area (Å²) in [6.45, 7) is 2.39. The minimum absolute atomic E-state index is 0.536. The highest BCUT2D eigenvalue weighted by molar-refractivity contribution is 5.24. The molecule has 1 saturated carbocycles. The van der Waals surface area contributed by atoms with E-state index >= 15 is 0 Å². The normalized spacial score (nSPS) is 26.1. The van der Waals surface area contributed by atoms with Gasteiger partial charge in [-0.15, -0.1) is 0 Å². The van der Waals surface area contributed by atoms with Gasteiger partial charge in [-0.1, -0.05) is 19.3 Å². The van der Waals surface area contributed by atoms with Crippen LogP contribution in [-0.4, -0.2) is 15.8 Å². The first-order valence-corrected chi connectivity index (χ1v) is 8.02. The molecule has 19 heavy (non-hydrogen) atoms. The van der Waals surface area contributed by atoms with Crippen molar-refractivity contribution < 1.29 is 0 Å². The standard InChI is InChI=1S/C16H27N3/c1-12(13-7-4-3-5-8-13)18-15-9-6-10-16-14(15)11-17-19(16)2/h11-13,15,18H,3-10H2,1-2H3/t12-,15?/m1/s1. The van der Waals surface area contributed by atoms with E-state index in [9.17, 15) is 0 Å². The van der Waals surface area contributed by atoms with Gasteiger partial charge in [0.1, 0.15) is 0 Å². The third-order valence-corrected chi connectivity index (χ3v) is 5.20. The van der Waals surface area contributed by atoms with Crippen LogP contribution in [0.3, 0.4) is 0 Å². The molecule has 3 heteroatoms. The predicted molar refractivity (Wildman–Crippen MR) is 78.1 cm³/mol. The van der Waals surface area contributed by atoms with E-state index < -0.39 is 0 Å². The lowest BCUT2D eigenvalue weighted by Gasteiger charge is -2.33. The van der Waals surface area contributed by atoms with E-state index in [1.807, 2.05) is 0 Å². The second-order valence-corrected chi connectivity index (χ2v) is 6.47. The molecule has 1 aromatic rings. The highest BCUT2D eigenvalue weighted by atomic mass is 15.3. The van der Waals surface area contributed by atoms with Crippen molar-refractivity contribution >= 4 is 0 Å². The van der Waals surface area contributed by atoms with Crippen molar-refractivity contribution in [2.75, 3.05) is 0 Å². The Hall–Kier alpha value is -0.830. The fourth-order valence-corrected chi connectivity index (χ4v) is 3.97. The fraction of sp³-hybridized carbons (Fsp3) is 0.812. The van der Waals surface area contributed by atoms with Gasteiger partial charge in [0.2, 0.25) is 0 Å². The van der Waals surface area contributed by atoms with Gasteiger partial charge >= 0.3 is 0 Å². The van der Waals surface area contributed by atoms with Gasteiger partial charge in [0.25, 0.3) is 0 Å². The summed E-state index contributed by atoms with van der Waals surface area (Å²) in [4.78, 5) is 0. The van der Waals surface area contributed by atoms with Gasteiger partial charge in [-0.2, -0.15) is 5.10 Å². The Kier molecular flexibility index (Phi) is 3.92. The minimum atomic E-state index is 0.536. The van der Waals surface area contributed by atoms with Gasteiger partial charge in [-0.05, 0) is 44.9 Å². The summed E-state index contributed by atoms with van der Waals surface area (Å²) in [5.74, 6) is 0.885. The Balaban J connectivity index is 1.66. The van der Waals surface area contributed by atoms with E-state index in [1.165, 1.54) is 62.6 Å². The molecule has 0 saturated heterocycles. The average molecular weight is 261 g/mol. The number of aromatic nitrogens is 2. The summed E-state index contributed by atoms with van der Waals surface area (Å²) in [6.07, 6.45) is 13.0. The van der Waals surface area contributed by atoms with Gasteiger partial charge < -0.3 is 5.32 Å². The van der Waals surface area contributed by atoms with Crippen LogP contribution in [-0.2, 0) is 13.5 Å². The third-order valence-electron chi connectivity index (χ3n) is 5.20. The Bertz CT molecular complexity index is 418. The molecular weight excluding hydrogens is 234 g/mol. The number of hydrogen-bond donors (Lipinski definition) is 1. The molecule has 1 unspecified atom stereocenters. The number of aryl methyl sites for hydroxylation is 1.